The number of nitro groups is 1. The maximum Gasteiger partial charge on any atom is 0.406 e. The fourth-order valence-electron chi connectivity index (χ4n) is 1.92. The molecule has 7 heteroatoms. The predicted octanol–water partition coefficient (Wildman–Crippen LogP) is 3.46. The highest BCUT2D eigenvalue weighted by Gasteiger charge is 2.24. The lowest BCUT2D eigenvalue weighted by Crippen LogP contribution is -2.11. The highest BCUT2D eigenvalue weighted by molar-refractivity contribution is 6.30. The van der Waals surface area contributed by atoms with Crippen molar-refractivity contribution >= 4 is 23.2 Å². The molecule has 2 rings (SSSR count). The summed E-state index contributed by atoms with van der Waals surface area (Å²) in [5.41, 5.74) is 0.988. The number of aromatic nitrogens is 2. The molecule has 20 heavy (non-hydrogen) atoms. The van der Waals surface area contributed by atoms with Crippen LogP contribution in [-0.2, 0) is 7.05 Å². The third kappa shape index (κ3) is 2.75. The second kappa shape index (κ2) is 5.50. The van der Waals surface area contributed by atoms with Gasteiger partial charge >= 0.3 is 5.82 Å². The summed E-state index contributed by atoms with van der Waals surface area (Å²) in [7, 11) is 1.74. The summed E-state index contributed by atoms with van der Waals surface area (Å²) in [6.07, 6.45) is 0. The molecule has 0 aliphatic heterocycles. The molecule has 0 bridgehead atoms. The van der Waals surface area contributed by atoms with E-state index < -0.39 is 4.92 Å². The minimum absolute atomic E-state index is 0.0965. The van der Waals surface area contributed by atoms with Gasteiger partial charge in [-0.15, -0.1) is 0 Å². The molecular formula is C13H15ClN4O2. The van der Waals surface area contributed by atoms with Crippen LogP contribution in [0.4, 0.5) is 11.6 Å². The molecule has 0 fully saturated rings. The lowest BCUT2D eigenvalue weighted by Gasteiger charge is -2.15. The standard InChI is InChI=1S/C13H15ClN4O2/c1-8(10-4-6-11(14)7-5-10)15-12-13(18(19)20)16-9(2)17(12)3/h4-8,15H,1-3H3. The largest absolute Gasteiger partial charge is 0.406 e. The zero-order valence-corrected chi connectivity index (χ0v) is 12.2. The second-order valence-corrected chi connectivity index (χ2v) is 5.00. The van der Waals surface area contributed by atoms with E-state index in [-0.39, 0.29) is 11.9 Å². The summed E-state index contributed by atoms with van der Waals surface area (Å²) in [5.74, 6) is 0.822. The Morgan fingerprint density at radius 2 is 2.00 bits per heavy atom. The molecule has 1 aromatic heterocycles. The van der Waals surface area contributed by atoms with Crippen LogP contribution >= 0.6 is 11.6 Å². The third-order valence-corrected chi connectivity index (χ3v) is 3.45. The predicted molar refractivity (Wildman–Crippen MR) is 78.1 cm³/mol. The molecule has 0 saturated heterocycles. The summed E-state index contributed by atoms with van der Waals surface area (Å²) in [5, 5.41) is 14.8. The Morgan fingerprint density at radius 3 is 2.55 bits per heavy atom. The average molecular weight is 295 g/mol. The average Bonchev–Trinajstić information content (AvgIpc) is 2.68. The zero-order chi connectivity index (χ0) is 14.9. The maximum absolute atomic E-state index is 11.0. The van der Waals surface area contributed by atoms with E-state index >= 15 is 0 Å². The molecule has 106 valence electrons. The normalized spacial score (nSPS) is 12.2. The van der Waals surface area contributed by atoms with Crippen LogP contribution < -0.4 is 5.32 Å². The van der Waals surface area contributed by atoms with Gasteiger partial charge in [-0.25, -0.2) is 0 Å². The molecule has 0 amide bonds. The first kappa shape index (κ1) is 14.3. The Labute approximate surface area is 121 Å². The Morgan fingerprint density at radius 1 is 1.40 bits per heavy atom. The highest BCUT2D eigenvalue weighted by Crippen LogP contribution is 2.28. The monoisotopic (exact) mass is 294 g/mol. The van der Waals surface area contributed by atoms with Crippen molar-refractivity contribution in [2.45, 2.75) is 19.9 Å². The number of nitrogens with zero attached hydrogens (tertiary/aromatic N) is 3. The molecular weight excluding hydrogens is 280 g/mol. The van der Waals surface area contributed by atoms with Crippen molar-refractivity contribution in [3.63, 3.8) is 0 Å². The van der Waals surface area contributed by atoms with E-state index in [4.69, 9.17) is 11.6 Å². The van der Waals surface area contributed by atoms with Crippen molar-refractivity contribution in [1.82, 2.24) is 9.55 Å². The lowest BCUT2D eigenvalue weighted by atomic mass is 10.1. The van der Waals surface area contributed by atoms with Gasteiger partial charge in [0.25, 0.3) is 0 Å². The van der Waals surface area contributed by atoms with Crippen LogP contribution in [0.25, 0.3) is 0 Å². The van der Waals surface area contributed by atoms with E-state index in [0.717, 1.165) is 5.56 Å². The molecule has 1 N–H and O–H groups in total. The number of nitrogens with one attached hydrogen (secondary N) is 1. The van der Waals surface area contributed by atoms with Gasteiger partial charge < -0.3 is 15.4 Å². The number of benzene rings is 1. The van der Waals surface area contributed by atoms with Gasteiger partial charge in [-0.05, 0) is 34.5 Å². The number of hydrogen-bond acceptors (Lipinski definition) is 4. The minimum atomic E-state index is -0.482. The van der Waals surface area contributed by atoms with Crippen LogP contribution in [0.3, 0.4) is 0 Å². The first-order valence-electron chi connectivity index (χ1n) is 6.10. The van der Waals surface area contributed by atoms with Crippen LogP contribution in [-0.4, -0.2) is 14.5 Å². The molecule has 0 aliphatic carbocycles. The quantitative estimate of drug-likeness (QED) is 0.692. The van der Waals surface area contributed by atoms with E-state index in [9.17, 15) is 10.1 Å². The molecule has 2 aromatic rings. The lowest BCUT2D eigenvalue weighted by molar-refractivity contribution is -0.388. The molecule has 1 aromatic carbocycles. The van der Waals surface area contributed by atoms with Crippen LogP contribution in [0.1, 0.15) is 24.4 Å². The Bertz CT molecular complexity index is 637. The number of hydrogen-bond donors (Lipinski definition) is 1. The molecule has 0 spiro atoms. The molecule has 0 radical (unpaired) electrons. The third-order valence-electron chi connectivity index (χ3n) is 3.20. The number of imidazole rings is 1. The van der Waals surface area contributed by atoms with Crippen LogP contribution in [0, 0.1) is 17.0 Å². The first-order valence-corrected chi connectivity index (χ1v) is 6.47. The number of anilines is 1. The minimum Gasteiger partial charge on any atom is -0.358 e. The molecule has 1 unspecified atom stereocenters. The zero-order valence-electron chi connectivity index (χ0n) is 11.4. The number of aryl methyl sites for hydroxylation is 1. The van der Waals surface area contributed by atoms with Crippen LogP contribution in [0.15, 0.2) is 24.3 Å². The van der Waals surface area contributed by atoms with Crippen molar-refractivity contribution in [1.29, 1.82) is 0 Å². The summed E-state index contributed by atoms with van der Waals surface area (Å²) in [6, 6.07) is 7.25. The Balaban J connectivity index is 2.29. The van der Waals surface area contributed by atoms with Gasteiger partial charge in [-0.3, -0.25) is 4.57 Å². The SMILES string of the molecule is Cc1nc([N+](=O)[O-])c(NC(C)c2ccc(Cl)cc2)n1C. The number of halogens is 1. The van der Waals surface area contributed by atoms with Gasteiger partial charge in [-0.2, -0.15) is 0 Å². The van der Waals surface area contributed by atoms with Crippen LogP contribution in [0.2, 0.25) is 5.02 Å². The van der Waals surface area contributed by atoms with Crippen molar-refractivity contribution in [2.24, 2.45) is 7.05 Å². The van der Waals surface area contributed by atoms with Gasteiger partial charge in [0.1, 0.15) is 0 Å². The Hall–Kier alpha value is -2.08. The molecule has 0 aliphatic rings. The molecule has 1 atom stereocenters. The summed E-state index contributed by atoms with van der Waals surface area (Å²) >= 11 is 5.85. The van der Waals surface area contributed by atoms with E-state index in [1.165, 1.54) is 0 Å². The summed E-state index contributed by atoms with van der Waals surface area (Å²) in [4.78, 5) is 14.5. The van der Waals surface area contributed by atoms with E-state index in [1.807, 2.05) is 19.1 Å². The molecule has 1 heterocycles. The van der Waals surface area contributed by atoms with Gasteiger partial charge in [-0.1, -0.05) is 23.7 Å². The number of rotatable bonds is 4. The highest BCUT2D eigenvalue weighted by atomic mass is 35.5. The van der Waals surface area contributed by atoms with Gasteiger partial charge in [0.05, 0.1) is 6.04 Å². The van der Waals surface area contributed by atoms with E-state index in [0.29, 0.717) is 16.7 Å². The fourth-order valence-corrected chi connectivity index (χ4v) is 2.05. The summed E-state index contributed by atoms with van der Waals surface area (Å²) in [6.45, 7) is 3.65. The van der Waals surface area contributed by atoms with E-state index in [2.05, 4.69) is 10.3 Å². The van der Waals surface area contributed by atoms with E-state index in [1.54, 1.807) is 30.7 Å². The van der Waals surface area contributed by atoms with Gasteiger partial charge in [0, 0.05) is 19.0 Å². The second-order valence-electron chi connectivity index (χ2n) is 4.56. The smallest absolute Gasteiger partial charge is 0.358 e. The van der Waals surface area contributed by atoms with Crippen LogP contribution in [0.5, 0.6) is 0 Å². The first-order chi connectivity index (χ1) is 9.40. The van der Waals surface area contributed by atoms with Crippen molar-refractivity contribution in [2.75, 3.05) is 5.32 Å². The Kier molecular flexibility index (Phi) is 3.94. The maximum atomic E-state index is 11.0. The van der Waals surface area contributed by atoms with Crippen molar-refractivity contribution in [3.05, 3.63) is 50.8 Å². The summed E-state index contributed by atoms with van der Waals surface area (Å²) < 4.78 is 1.67. The fraction of sp³-hybridized carbons (Fsp3) is 0.308. The molecule has 0 saturated carbocycles. The van der Waals surface area contributed by atoms with Gasteiger partial charge in [0.2, 0.25) is 11.6 Å². The van der Waals surface area contributed by atoms with Gasteiger partial charge in [0.15, 0.2) is 0 Å². The van der Waals surface area contributed by atoms with Crippen molar-refractivity contribution < 1.29 is 4.92 Å². The van der Waals surface area contributed by atoms with Crippen molar-refractivity contribution in [3.8, 4) is 0 Å². The molecule has 6 nitrogen and oxygen atoms in total. The topological polar surface area (TPSA) is 73.0 Å².